The van der Waals surface area contributed by atoms with Gasteiger partial charge in [0.2, 0.25) is 6.71 Å². The van der Waals surface area contributed by atoms with E-state index in [1.54, 1.807) is 11.8 Å². The van der Waals surface area contributed by atoms with E-state index in [0.29, 0.717) is 11.8 Å². The van der Waals surface area contributed by atoms with Gasteiger partial charge >= 0.3 is 0 Å². The Balaban J connectivity index is 1.39. The van der Waals surface area contributed by atoms with Crippen molar-refractivity contribution in [3.63, 3.8) is 0 Å². The van der Waals surface area contributed by atoms with Crippen LogP contribution in [0.4, 0.5) is 42.9 Å². The predicted octanol–water partition coefficient (Wildman–Crippen LogP) is 10.4. The third-order valence-corrected chi connectivity index (χ3v) is 14.2. The van der Waals surface area contributed by atoms with Gasteiger partial charge in [0.25, 0.3) is 6.71 Å². The summed E-state index contributed by atoms with van der Waals surface area (Å²) >= 11 is 1.80. The number of anilines is 6. The minimum atomic E-state index is -0.590. The Morgan fingerprint density at radius 1 is 0.466 bits per heavy atom. The van der Waals surface area contributed by atoms with Gasteiger partial charge in [-0.2, -0.15) is 0 Å². The zero-order valence-electron chi connectivity index (χ0n) is 33.6. The molecule has 0 bridgehead atoms. The third kappa shape index (κ3) is 4.92. The monoisotopic (exact) mass is 774 g/mol. The molecule has 11 rings (SSSR count). The SMILES string of the molecule is CC(C)c1ccc2c(c1)B1c3ccccc3Sc3c1c1c4c(c3-c3ccccc3)N(c3c(F)cccc3F)c3ccc(C(C)C)cc3B4c3cc(C(C)C)ccc3N21. The van der Waals surface area contributed by atoms with Gasteiger partial charge in [-0.15, -0.1) is 0 Å². The summed E-state index contributed by atoms with van der Waals surface area (Å²) in [5.41, 5.74) is 18.1. The van der Waals surface area contributed by atoms with Crippen molar-refractivity contribution in [2.75, 3.05) is 9.80 Å². The van der Waals surface area contributed by atoms with Crippen molar-refractivity contribution in [1.29, 1.82) is 0 Å². The third-order valence-electron chi connectivity index (χ3n) is 13.0. The first-order valence-corrected chi connectivity index (χ1v) is 21.5. The van der Waals surface area contributed by atoms with Gasteiger partial charge in [0.05, 0.1) is 5.69 Å². The van der Waals surface area contributed by atoms with E-state index in [9.17, 15) is 0 Å². The number of fused-ring (bicyclic) bond motifs is 10. The molecular weight excluding hydrogens is 732 g/mol. The molecule has 4 heterocycles. The highest BCUT2D eigenvalue weighted by Crippen LogP contribution is 2.54. The summed E-state index contributed by atoms with van der Waals surface area (Å²) in [6.07, 6.45) is 0. The van der Waals surface area contributed by atoms with Crippen molar-refractivity contribution < 1.29 is 8.78 Å². The summed E-state index contributed by atoms with van der Waals surface area (Å²) in [5, 5.41) is 0. The topological polar surface area (TPSA) is 6.48 Å². The van der Waals surface area contributed by atoms with Gasteiger partial charge in [-0.05, 0) is 104 Å². The molecule has 7 aromatic carbocycles. The smallest absolute Gasteiger partial charge is 0.252 e. The Morgan fingerprint density at radius 3 is 1.52 bits per heavy atom. The van der Waals surface area contributed by atoms with Gasteiger partial charge in [-0.25, -0.2) is 8.78 Å². The maximum absolute atomic E-state index is 16.7. The molecule has 0 radical (unpaired) electrons. The molecule has 0 fully saturated rings. The number of hydrogen-bond donors (Lipinski definition) is 0. The summed E-state index contributed by atoms with van der Waals surface area (Å²) in [5.74, 6) is -0.263. The summed E-state index contributed by atoms with van der Waals surface area (Å²) < 4.78 is 33.5. The van der Waals surface area contributed by atoms with Gasteiger partial charge < -0.3 is 9.80 Å². The van der Waals surface area contributed by atoms with Crippen LogP contribution in [0, 0.1) is 11.6 Å². The quantitative estimate of drug-likeness (QED) is 0.161. The van der Waals surface area contributed by atoms with E-state index in [0.717, 1.165) is 55.4 Å². The molecule has 58 heavy (non-hydrogen) atoms. The number of para-hydroxylation sites is 1. The molecule has 4 aliphatic rings. The predicted molar refractivity (Wildman–Crippen MR) is 243 cm³/mol. The van der Waals surface area contributed by atoms with E-state index in [2.05, 4.69) is 150 Å². The molecule has 0 aromatic heterocycles. The van der Waals surface area contributed by atoms with Crippen LogP contribution in [0.2, 0.25) is 0 Å². The normalized spacial score (nSPS) is 14.1. The first-order valence-electron chi connectivity index (χ1n) is 20.6. The average Bonchev–Trinajstić information content (AvgIpc) is 3.23. The summed E-state index contributed by atoms with van der Waals surface area (Å²) in [6.45, 7) is 13.3. The molecule has 2 nitrogen and oxygen atoms in total. The minimum absolute atomic E-state index is 0.0423. The molecule has 282 valence electrons. The van der Waals surface area contributed by atoms with Crippen molar-refractivity contribution in [3.8, 4) is 11.1 Å². The number of hydrogen-bond acceptors (Lipinski definition) is 3. The van der Waals surface area contributed by atoms with E-state index >= 15 is 8.78 Å². The standard InChI is InChI=1S/C51H42B2F2N2S/c1-28(2)32-19-22-41-36(25-32)52-35-15-10-11-18-44(35)58-51-45(31-13-8-7-9-14-31)49-46-50(47(51)52)56(41)42-23-20-33(29(3)4)26-37(42)53(46)38-27-34(30(5)6)21-24-43(38)57(49)48-39(54)16-12-17-40(48)55/h7-30H,1-6H3. The second kappa shape index (κ2) is 13.0. The van der Waals surface area contributed by atoms with Crippen molar-refractivity contribution in [2.24, 2.45) is 0 Å². The van der Waals surface area contributed by atoms with E-state index in [4.69, 9.17) is 0 Å². The fourth-order valence-corrected chi connectivity index (χ4v) is 11.5. The molecular formula is C51H42B2F2N2S. The molecule has 0 N–H and O–H groups in total. The van der Waals surface area contributed by atoms with Crippen LogP contribution in [0.1, 0.15) is 76.0 Å². The largest absolute Gasteiger partial charge is 0.312 e. The first-order chi connectivity index (χ1) is 28.1. The second-order valence-corrected chi connectivity index (χ2v) is 18.3. The number of rotatable bonds is 5. The molecule has 4 aliphatic heterocycles. The summed E-state index contributed by atoms with van der Waals surface area (Å²) in [7, 11) is 0. The van der Waals surface area contributed by atoms with Crippen molar-refractivity contribution in [1.82, 2.24) is 0 Å². The number of benzene rings is 7. The lowest BCUT2D eigenvalue weighted by molar-refractivity contribution is 0.586. The van der Waals surface area contributed by atoms with Crippen LogP contribution in [0.25, 0.3) is 11.1 Å². The zero-order valence-corrected chi connectivity index (χ0v) is 34.4. The van der Waals surface area contributed by atoms with Crippen LogP contribution in [0.3, 0.4) is 0 Å². The lowest BCUT2D eigenvalue weighted by atomic mass is 9.29. The van der Waals surface area contributed by atoms with Crippen LogP contribution < -0.4 is 42.6 Å². The molecule has 0 saturated carbocycles. The highest BCUT2D eigenvalue weighted by molar-refractivity contribution is 8.00. The average molecular weight is 775 g/mol. The molecule has 0 amide bonds. The van der Waals surface area contributed by atoms with Crippen LogP contribution in [0.5, 0.6) is 0 Å². The Kier molecular flexibility index (Phi) is 7.98. The van der Waals surface area contributed by atoms with Crippen molar-refractivity contribution >= 4 is 92.1 Å². The van der Waals surface area contributed by atoms with Crippen LogP contribution in [-0.4, -0.2) is 13.4 Å². The molecule has 7 heteroatoms. The van der Waals surface area contributed by atoms with E-state index < -0.39 is 11.6 Å². The molecule has 0 unspecified atom stereocenters. The molecule has 0 aliphatic carbocycles. The Morgan fingerprint density at radius 2 is 0.966 bits per heavy atom. The van der Waals surface area contributed by atoms with Gasteiger partial charge in [-0.3, -0.25) is 0 Å². The molecule has 0 atom stereocenters. The van der Waals surface area contributed by atoms with E-state index in [1.165, 1.54) is 61.6 Å². The summed E-state index contributed by atoms with van der Waals surface area (Å²) in [4.78, 5) is 6.80. The fourth-order valence-electron chi connectivity index (χ4n) is 10.1. The lowest BCUT2D eigenvalue weighted by Crippen LogP contribution is -2.68. The fraction of sp³-hybridized carbons (Fsp3) is 0.176. The molecule has 0 saturated heterocycles. The Hall–Kier alpha value is -5.52. The zero-order chi connectivity index (χ0) is 39.7. The Bertz CT molecular complexity index is 2850. The van der Waals surface area contributed by atoms with Crippen LogP contribution >= 0.6 is 11.8 Å². The second-order valence-electron chi connectivity index (χ2n) is 17.3. The Labute approximate surface area is 345 Å². The number of halogens is 2. The van der Waals surface area contributed by atoms with E-state index in [-0.39, 0.29) is 25.0 Å². The van der Waals surface area contributed by atoms with Gasteiger partial charge in [0.1, 0.15) is 17.3 Å². The maximum Gasteiger partial charge on any atom is 0.252 e. The molecule has 0 spiro atoms. The first kappa shape index (κ1) is 35.6. The number of nitrogens with zero attached hydrogens (tertiary/aromatic N) is 2. The maximum atomic E-state index is 16.7. The minimum Gasteiger partial charge on any atom is -0.312 e. The van der Waals surface area contributed by atoms with Crippen molar-refractivity contribution in [3.05, 3.63) is 156 Å². The van der Waals surface area contributed by atoms with Crippen LogP contribution in [0.15, 0.2) is 137 Å². The van der Waals surface area contributed by atoms with Crippen LogP contribution in [-0.2, 0) is 0 Å². The lowest BCUT2D eigenvalue weighted by Gasteiger charge is -2.50. The summed E-state index contributed by atoms with van der Waals surface area (Å²) in [6, 6.07) is 44.3. The van der Waals surface area contributed by atoms with E-state index in [1.807, 2.05) is 11.0 Å². The molecule has 7 aromatic rings. The highest BCUT2D eigenvalue weighted by atomic mass is 32.2. The highest BCUT2D eigenvalue weighted by Gasteiger charge is 2.52. The van der Waals surface area contributed by atoms with Gasteiger partial charge in [-0.1, -0.05) is 150 Å². The van der Waals surface area contributed by atoms with Crippen molar-refractivity contribution in [2.45, 2.75) is 69.1 Å². The van der Waals surface area contributed by atoms with Gasteiger partial charge in [0.15, 0.2) is 0 Å². The van der Waals surface area contributed by atoms with Gasteiger partial charge in [0, 0.05) is 38.1 Å².